The lowest BCUT2D eigenvalue weighted by Gasteiger charge is -2.09. The molecule has 1 aliphatic rings. The summed E-state index contributed by atoms with van der Waals surface area (Å²) >= 11 is 0. The van der Waals surface area contributed by atoms with Crippen molar-refractivity contribution in [3.8, 4) is 5.75 Å². The van der Waals surface area contributed by atoms with Crippen molar-refractivity contribution in [2.75, 3.05) is 19.7 Å². The van der Waals surface area contributed by atoms with Crippen molar-refractivity contribution in [2.24, 2.45) is 5.92 Å². The van der Waals surface area contributed by atoms with Crippen LogP contribution in [0.3, 0.4) is 0 Å². The van der Waals surface area contributed by atoms with Crippen LogP contribution in [-0.4, -0.2) is 19.7 Å². The number of ether oxygens (including phenoxy) is 1. The van der Waals surface area contributed by atoms with E-state index in [1.165, 1.54) is 23.6 Å². The van der Waals surface area contributed by atoms with Gasteiger partial charge < -0.3 is 10.1 Å². The van der Waals surface area contributed by atoms with E-state index in [1.807, 2.05) is 6.07 Å². The van der Waals surface area contributed by atoms with Gasteiger partial charge >= 0.3 is 0 Å². The summed E-state index contributed by atoms with van der Waals surface area (Å²) in [4.78, 5) is 0. The van der Waals surface area contributed by atoms with Gasteiger partial charge in [0, 0.05) is 11.9 Å². The zero-order chi connectivity index (χ0) is 12.2. The Balaban J connectivity index is 1.56. The predicted molar refractivity (Wildman–Crippen MR) is 75.0 cm³/mol. The third-order valence-corrected chi connectivity index (χ3v) is 3.42. The summed E-state index contributed by atoms with van der Waals surface area (Å²) in [5, 5.41) is 5.87. The van der Waals surface area contributed by atoms with Crippen LogP contribution in [0.4, 0.5) is 0 Å². The number of hydrogen-bond acceptors (Lipinski definition) is 2. The maximum atomic E-state index is 5.86. The molecule has 2 aromatic rings. The van der Waals surface area contributed by atoms with E-state index in [0.29, 0.717) is 0 Å². The predicted octanol–water partition coefficient (Wildman–Crippen LogP) is 3.22. The smallest absolute Gasteiger partial charge is 0.127 e. The molecule has 1 fully saturated rings. The van der Waals surface area contributed by atoms with Crippen LogP contribution in [0.25, 0.3) is 10.8 Å². The molecule has 0 bridgehead atoms. The molecule has 0 atom stereocenters. The summed E-state index contributed by atoms with van der Waals surface area (Å²) in [7, 11) is 0. The Bertz CT molecular complexity index is 514. The summed E-state index contributed by atoms with van der Waals surface area (Å²) in [6.45, 7) is 2.82. The topological polar surface area (TPSA) is 21.3 Å². The van der Waals surface area contributed by atoms with Crippen molar-refractivity contribution >= 4 is 10.8 Å². The first-order valence-electron chi connectivity index (χ1n) is 6.75. The van der Waals surface area contributed by atoms with Crippen LogP contribution in [0.2, 0.25) is 0 Å². The summed E-state index contributed by atoms with van der Waals surface area (Å²) < 4.78 is 5.86. The van der Waals surface area contributed by atoms with Gasteiger partial charge in [0.1, 0.15) is 12.4 Å². The third kappa shape index (κ3) is 2.82. The third-order valence-electron chi connectivity index (χ3n) is 3.42. The van der Waals surface area contributed by atoms with Crippen molar-refractivity contribution < 1.29 is 4.74 Å². The van der Waals surface area contributed by atoms with E-state index in [9.17, 15) is 0 Å². The van der Waals surface area contributed by atoms with Crippen LogP contribution in [0.1, 0.15) is 12.8 Å². The van der Waals surface area contributed by atoms with E-state index in [-0.39, 0.29) is 0 Å². The molecule has 0 aliphatic heterocycles. The molecule has 3 rings (SSSR count). The van der Waals surface area contributed by atoms with Gasteiger partial charge in [0.05, 0.1) is 0 Å². The number of benzene rings is 2. The molecular weight excluding hydrogens is 222 g/mol. The lowest BCUT2D eigenvalue weighted by molar-refractivity contribution is 0.317. The van der Waals surface area contributed by atoms with E-state index < -0.39 is 0 Å². The normalized spacial score (nSPS) is 14.9. The average Bonchev–Trinajstić information content (AvgIpc) is 3.23. The molecule has 94 valence electrons. The zero-order valence-corrected chi connectivity index (χ0v) is 10.6. The van der Waals surface area contributed by atoms with Crippen molar-refractivity contribution in [1.82, 2.24) is 5.32 Å². The quantitative estimate of drug-likeness (QED) is 0.784. The van der Waals surface area contributed by atoms with E-state index in [2.05, 4.69) is 41.7 Å². The lowest BCUT2D eigenvalue weighted by Crippen LogP contribution is -2.23. The molecule has 0 spiro atoms. The first-order chi connectivity index (χ1) is 8.93. The highest BCUT2D eigenvalue weighted by atomic mass is 16.5. The summed E-state index contributed by atoms with van der Waals surface area (Å²) in [5.41, 5.74) is 0. The molecule has 0 unspecified atom stereocenters. The minimum atomic E-state index is 0.737. The molecule has 0 amide bonds. The second-order valence-corrected chi connectivity index (χ2v) is 4.97. The van der Waals surface area contributed by atoms with Crippen LogP contribution in [0.15, 0.2) is 42.5 Å². The van der Waals surface area contributed by atoms with Crippen LogP contribution < -0.4 is 10.1 Å². The Morgan fingerprint density at radius 1 is 1.06 bits per heavy atom. The highest BCUT2D eigenvalue weighted by Gasteiger charge is 2.19. The fourth-order valence-corrected chi connectivity index (χ4v) is 2.18. The molecule has 1 aliphatic carbocycles. The highest BCUT2D eigenvalue weighted by Crippen LogP contribution is 2.27. The number of fused-ring (bicyclic) bond motifs is 1. The molecule has 1 N–H and O–H groups in total. The maximum Gasteiger partial charge on any atom is 0.127 e. The number of hydrogen-bond donors (Lipinski definition) is 1. The largest absolute Gasteiger partial charge is 0.492 e. The van der Waals surface area contributed by atoms with E-state index in [1.54, 1.807) is 0 Å². The maximum absolute atomic E-state index is 5.86. The molecule has 2 aromatic carbocycles. The minimum Gasteiger partial charge on any atom is -0.492 e. The van der Waals surface area contributed by atoms with Gasteiger partial charge in [-0.2, -0.15) is 0 Å². The highest BCUT2D eigenvalue weighted by molar-refractivity contribution is 5.88. The van der Waals surface area contributed by atoms with E-state index >= 15 is 0 Å². The Kier molecular flexibility index (Phi) is 3.47. The van der Waals surface area contributed by atoms with Gasteiger partial charge in [0.25, 0.3) is 0 Å². The van der Waals surface area contributed by atoms with Crippen LogP contribution in [0.5, 0.6) is 5.75 Å². The molecule has 2 heteroatoms. The Hall–Kier alpha value is -1.54. The molecule has 0 heterocycles. The Morgan fingerprint density at radius 3 is 2.78 bits per heavy atom. The van der Waals surface area contributed by atoms with Gasteiger partial charge in [-0.3, -0.25) is 0 Å². The average molecular weight is 241 g/mol. The Labute approximate surface area is 108 Å². The minimum absolute atomic E-state index is 0.737. The summed E-state index contributed by atoms with van der Waals surface area (Å²) in [5.74, 6) is 1.92. The molecular formula is C16H19NO. The van der Waals surface area contributed by atoms with Gasteiger partial charge in [0.15, 0.2) is 0 Å². The van der Waals surface area contributed by atoms with Crippen LogP contribution in [0, 0.1) is 5.92 Å². The van der Waals surface area contributed by atoms with Crippen molar-refractivity contribution in [3.05, 3.63) is 42.5 Å². The number of rotatable bonds is 6. The van der Waals surface area contributed by atoms with E-state index in [4.69, 9.17) is 4.74 Å². The molecule has 0 radical (unpaired) electrons. The molecule has 0 saturated heterocycles. The van der Waals surface area contributed by atoms with Gasteiger partial charge in [-0.1, -0.05) is 36.4 Å². The molecule has 18 heavy (non-hydrogen) atoms. The van der Waals surface area contributed by atoms with Crippen molar-refractivity contribution in [2.45, 2.75) is 12.8 Å². The fraction of sp³-hybridized carbons (Fsp3) is 0.375. The van der Waals surface area contributed by atoms with Gasteiger partial charge in [-0.25, -0.2) is 0 Å². The lowest BCUT2D eigenvalue weighted by atomic mass is 10.1. The first-order valence-corrected chi connectivity index (χ1v) is 6.75. The second-order valence-electron chi connectivity index (χ2n) is 4.97. The zero-order valence-electron chi connectivity index (χ0n) is 10.6. The first kappa shape index (κ1) is 11.5. The van der Waals surface area contributed by atoms with Gasteiger partial charge in [0.2, 0.25) is 0 Å². The van der Waals surface area contributed by atoms with Gasteiger partial charge in [-0.15, -0.1) is 0 Å². The van der Waals surface area contributed by atoms with Crippen LogP contribution in [-0.2, 0) is 0 Å². The van der Waals surface area contributed by atoms with E-state index in [0.717, 1.165) is 31.4 Å². The fourth-order valence-electron chi connectivity index (χ4n) is 2.18. The van der Waals surface area contributed by atoms with Crippen molar-refractivity contribution in [1.29, 1.82) is 0 Å². The Morgan fingerprint density at radius 2 is 1.89 bits per heavy atom. The summed E-state index contributed by atoms with van der Waals surface area (Å²) in [6.07, 6.45) is 2.80. The van der Waals surface area contributed by atoms with Gasteiger partial charge in [-0.05, 0) is 36.8 Å². The molecule has 2 nitrogen and oxygen atoms in total. The second kappa shape index (κ2) is 5.40. The monoisotopic (exact) mass is 241 g/mol. The molecule has 1 saturated carbocycles. The van der Waals surface area contributed by atoms with Crippen molar-refractivity contribution in [3.63, 3.8) is 0 Å². The van der Waals surface area contributed by atoms with Crippen LogP contribution >= 0.6 is 0 Å². The summed E-state index contributed by atoms with van der Waals surface area (Å²) in [6, 6.07) is 14.6. The molecule has 0 aromatic heterocycles. The number of nitrogens with one attached hydrogen (secondary N) is 1. The SMILES string of the molecule is c1ccc2c(OCCNCC3CC3)cccc2c1. The standard InChI is InChI=1S/C16H19NO/c1-2-6-15-14(4-1)5-3-7-16(15)18-11-10-17-12-13-8-9-13/h1-7,13,17H,8-12H2.